The molecule has 0 radical (unpaired) electrons. The van der Waals surface area contributed by atoms with Crippen molar-refractivity contribution in [3.8, 4) is 5.75 Å². The summed E-state index contributed by atoms with van der Waals surface area (Å²) in [5, 5.41) is 12.0. The van der Waals surface area contributed by atoms with E-state index in [1.165, 1.54) is 12.7 Å². The molecule has 1 aromatic rings. The molecule has 0 heterocycles. The van der Waals surface area contributed by atoms with Crippen molar-refractivity contribution in [3.63, 3.8) is 0 Å². The first kappa shape index (κ1) is 16.5. The highest BCUT2D eigenvalue weighted by Crippen LogP contribution is 2.24. The molecule has 0 saturated heterocycles. The zero-order valence-electron chi connectivity index (χ0n) is 12.5. The van der Waals surface area contributed by atoms with Crippen LogP contribution in [-0.4, -0.2) is 44.0 Å². The maximum atomic E-state index is 11.6. The molecule has 0 spiro atoms. The summed E-state index contributed by atoms with van der Waals surface area (Å²) in [7, 11) is 1.50. The van der Waals surface area contributed by atoms with E-state index in [2.05, 4.69) is 5.32 Å². The van der Waals surface area contributed by atoms with E-state index in [1.54, 1.807) is 0 Å². The van der Waals surface area contributed by atoms with Gasteiger partial charge in [-0.05, 0) is 31.9 Å². The maximum Gasteiger partial charge on any atom is 0.258 e. The average Bonchev–Trinajstić information content (AvgIpc) is 2.35. The summed E-state index contributed by atoms with van der Waals surface area (Å²) in [5.41, 5.74) is 3.18. The summed E-state index contributed by atoms with van der Waals surface area (Å²) in [6.45, 7) is 6.21. The van der Waals surface area contributed by atoms with E-state index in [4.69, 9.17) is 9.47 Å². The van der Waals surface area contributed by atoms with Crippen LogP contribution >= 0.6 is 0 Å². The molecular formula is C15H23NO4. The number of amides is 1. The van der Waals surface area contributed by atoms with Crippen LogP contribution in [0, 0.1) is 20.8 Å². The molecule has 0 aliphatic heterocycles. The molecule has 0 aromatic heterocycles. The monoisotopic (exact) mass is 281 g/mol. The third-order valence-electron chi connectivity index (χ3n) is 2.85. The van der Waals surface area contributed by atoms with Crippen molar-refractivity contribution in [1.82, 2.24) is 5.32 Å². The molecule has 1 unspecified atom stereocenters. The van der Waals surface area contributed by atoms with Gasteiger partial charge in [-0.15, -0.1) is 0 Å². The average molecular weight is 281 g/mol. The SMILES string of the molecule is COCC(O)CNC(=O)COc1c(C)cc(C)cc1C. The molecule has 0 aliphatic rings. The molecule has 5 nitrogen and oxygen atoms in total. The van der Waals surface area contributed by atoms with E-state index >= 15 is 0 Å². The number of methoxy groups -OCH3 is 1. The fourth-order valence-electron chi connectivity index (χ4n) is 2.07. The van der Waals surface area contributed by atoms with Crippen molar-refractivity contribution in [2.75, 3.05) is 26.9 Å². The van der Waals surface area contributed by atoms with E-state index < -0.39 is 6.10 Å². The van der Waals surface area contributed by atoms with E-state index in [0.717, 1.165) is 16.9 Å². The molecule has 112 valence electrons. The van der Waals surface area contributed by atoms with Crippen LogP contribution in [-0.2, 0) is 9.53 Å². The first-order valence-corrected chi connectivity index (χ1v) is 6.58. The Bertz CT molecular complexity index is 436. The van der Waals surface area contributed by atoms with Crippen LogP contribution < -0.4 is 10.1 Å². The number of benzene rings is 1. The van der Waals surface area contributed by atoms with Crippen LogP contribution in [0.2, 0.25) is 0 Å². The van der Waals surface area contributed by atoms with Gasteiger partial charge in [0.25, 0.3) is 5.91 Å². The topological polar surface area (TPSA) is 67.8 Å². The van der Waals surface area contributed by atoms with Gasteiger partial charge in [-0.2, -0.15) is 0 Å². The minimum Gasteiger partial charge on any atom is -0.483 e. The smallest absolute Gasteiger partial charge is 0.258 e. The number of aliphatic hydroxyl groups excluding tert-OH is 1. The van der Waals surface area contributed by atoms with Crippen LogP contribution in [0.15, 0.2) is 12.1 Å². The number of aryl methyl sites for hydroxylation is 3. The largest absolute Gasteiger partial charge is 0.483 e. The minimum atomic E-state index is -0.702. The molecule has 1 amide bonds. The number of nitrogens with one attached hydrogen (secondary N) is 1. The Morgan fingerprint density at radius 1 is 1.30 bits per heavy atom. The number of rotatable bonds is 7. The Hall–Kier alpha value is -1.59. The van der Waals surface area contributed by atoms with Gasteiger partial charge in [0.15, 0.2) is 6.61 Å². The van der Waals surface area contributed by atoms with Crippen molar-refractivity contribution < 1.29 is 19.4 Å². The lowest BCUT2D eigenvalue weighted by molar-refractivity contribution is -0.123. The highest BCUT2D eigenvalue weighted by Gasteiger charge is 2.10. The predicted molar refractivity (Wildman–Crippen MR) is 77.0 cm³/mol. The molecule has 1 atom stereocenters. The van der Waals surface area contributed by atoms with Gasteiger partial charge in [0.1, 0.15) is 5.75 Å². The highest BCUT2D eigenvalue weighted by molar-refractivity contribution is 5.77. The Kier molecular flexibility index (Phi) is 6.48. The van der Waals surface area contributed by atoms with Crippen molar-refractivity contribution in [3.05, 3.63) is 28.8 Å². The van der Waals surface area contributed by atoms with E-state index in [0.29, 0.717) is 0 Å². The minimum absolute atomic E-state index is 0.0650. The molecule has 0 aliphatic carbocycles. The van der Waals surface area contributed by atoms with Crippen LogP contribution in [0.3, 0.4) is 0 Å². The van der Waals surface area contributed by atoms with Crippen LogP contribution in [0.4, 0.5) is 0 Å². The van der Waals surface area contributed by atoms with Crippen LogP contribution in [0.5, 0.6) is 5.75 Å². The number of carbonyl (C=O) groups excluding carboxylic acids is 1. The zero-order valence-corrected chi connectivity index (χ0v) is 12.5. The highest BCUT2D eigenvalue weighted by atomic mass is 16.5. The van der Waals surface area contributed by atoms with Gasteiger partial charge in [-0.25, -0.2) is 0 Å². The van der Waals surface area contributed by atoms with Gasteiger partial charge in [0.2, 0.25) is 0 Å². The number of carbonyl (C=O) groups is 1. The summed E-state index contributed by atoms with van der Waals surface area (Å²) in [5.74, 6) is 0.475. The van der Waals surface area contributed by atoms with Crippen LogP contribution in [0.25, 0.3) is 0 Å². The van der Waals surface area contributed by atoms with Gasteiger partial charge in [-0.1, -0.05) is 17.7 Å². The first-order valence-electron chi connectivity index (χ1n) is 6.58. The Balaban J connectivity index is 2.45. The normalized spacial score (nSPS) is 12.1. The third kappa shape index (κ3) is 5.19. The molecule has 1 rings (SSSR count). The maximum absolute atomic E-state index is 11.6. The Morgan fingerprint density at radius 3 is 2.45 bits per heavy atom. The molecule has 20 heavy (non-hydrogen) atoms. The van der Waals surface area contributed by atoms with Gasteiger partial charge in [0.05, 0.1) is 12.7 Å². The van der Waals surface area contributed by atoms with Gasteiger partial charge >= 0.3 is 0 Å². The van der Waals surface area contributed by atoms with E-state index in [1.807, 2.05) is 32.9 Å². The molecule has 0 fully saturated rings. The molecule has 5 heteroatoms. The molecule has 0 bridgehead atoms. The third-order valence-corrected chi connectivity index (χ3v) is 2.85. The van der Waals surface area contributed by atoms with Crippen molar-refractivity contribution >= 4 is 5.91 Å². The summed E-state index contributed by atoms with van der Waals surface area (Å²) in [4.78, 5) is 11.6. The predicted octanol–water partition coefficient (Wildman–Crippen LogP) is 1.11. The second-order valence-electron chi connectivity index (χ2n) is 4.93. The number of aliphatic hydroxyl groups is 1. The second-order valence-corrected chi connectivity index (χ2v) is 4.93. The number of ether oxygens (including phenoxy) is 2. The lowest BCUT2D eigenvalue weighted by Crippen LogP contribution is -2.37. The summed E-state index contributed by atoms with van der Waals surface area (Å²) in [6.07, 6.45) is -0.702. The quantitative estimate of drug-likeness (QED) is 0.786. The van der Waals surface area contributed by atoms with Gasteiger partial charge < -0.3 is 19.9 Å². The second kappa shape index (κ2) is 7.87. The number of hydrogen-bond acceptors (Lipinski definition) is 4. The van der Waals surface area contributed by atoms with E-state index in [-0.39, 0.29) is 25.7 Å². The van der Waals surface area contributed by atoms with Crippen molar-refractivity contribution in [2.24, 2.45) is 0 Å². The standard InChI is InChI=1S/C15H23NO4/c1-10-5-11(2)15(12(3)6-10)20-9-14(18)16-7-13(17)8-19-4/h5-6,13,17H,7-9H2,1-4H3,(H,16,18). The summed E-state index contributed by atoms with van der Waals surface area (Å²) >= 11 is 0. The van der Waals surface area contributed by atoms with Crippen LogP contribution in [0.1, 0.15) is 16.7 Å². The molecule has 0 saturated carbocycles. The summed E-state index contributed by atoms with van der Waals surface area (Å²) in [6, 6.07) is 4.03. The Labute approximate surface area is 119 Å². The van der Waals surface area contributed by atoms with Crippen molar-refractivity contribution in [1.29, 1.82) is 0 Å². The summed E-state index contributed by atoms with van der Waals surface area (Å²) < 4.78 is 10.3. The van der Waals surface area contributed by atoms with Gasteiger partial charge in [-0.3, -0.25) is 4.79 Å². The van der Waals surface area contributed by atoms with Gasteiger partial charge in [0, 0.05) is 13.7 Å². The molecular weight excluding hydrogens is 258 g/mol. The van der Waals surface area contributed by atoms with E-state index in [9.17, 15) is 9.90 Å². The lowest BCUT2D eigenvalue weighted by Gasteiger charge is -2.14. The first-order chi connectivity index (χ1) is 9.43. The van der Waals surface area contributed by atoms with Crippen molar-refractivity contribution in [2.45, 2.75) is 26.9 Å². The fraction of sp³-hybridized carbons (Fsp3) is 0.533. The lowest BCUT2D eigenvalue weighted by atomic mass is 10.1. The molecule has 2 N–H and O–H groups in total. The Morgan fingerprint density at radius 2 is 1.90 bits per heavy atom. The fourth-order valence-corrected chi connectivity index (χ4v) is 2.07. The number of hydrogen-bond donors (Lipinski definition) is 2. The molecule has 1 aromatic carbocycles. The zero-order chi connectivity index (χ0) is 15.1.